The van der Waals surface area contributed by atoms with E-state index in [9.17, 15) is 45.6 Å². The van der Waals surface area contributed by atoms with E-state index >= 15 is 0 Å². The van der Waals surface area contributed by atoms with Crippen molar-refractivity contribution < 1.29 is 88.3 Å². The van der Waals surface area contributed by atoms with E-state index in [4.69, 9.17) is 42.6 Å². The van der Waals surface area contributed by atoms with Crippen molar-refractivity contribution >= 4 is 5.97 Å². The molecule has 10 unspecified atom stereocenters. The number of phenolic OH excluding ortho intramolecular Hbond substituents is 1. The Kier molecular flexibility index (Phi) is 7.32. The van der Waals surface area contributed by atoms with Crippen LogP contribution in [0.15, 0.2) is 24.3 Å². The largest absolute Gasteiger partial charge is 0.505 e. The number of fused-ring (bicyclic) bond motifs is 4. The van der Waals surface area contributed by atoms with E-state index in [1.165, 1.54) is 26.4 Å². The number of phenols is 1. The fourth-order valence-electron chi connectivity index (χ4n) is 6.98. The molecule has 7 rings (SSSR count). The maximum Gasteiger partial charge on any atom is 0.505 e. The van der Waals surface area contributed by atoms with Gasteiger partial charge in [-0.1, -0.05) is 0 Å². The third-order valence-electron chi connectivity index (χ3n) is 9.08. The first kappa shape index (κ1) is 32.0. The summed E-state index contributed by atoms with van der Waals surface area (Å²) < 4.78 is 48.6. The van der Waals surface area contributed by atoms with Gasteiger partial charge in [-0.05, 0) is 47.9 Å². The Bertz CT molecular complexity index is 1570. The molecule has 4 aliphatic heterocycles. The zero-order valence-electron chi connectivity index (χ0n) is 24.9. The lowest BCUT2D eigenvalue weighted by molar-refractivity contribution is -0.385. The van der Waals surface area contributed by atoms with Gasteiger partial charge < -0.3 is 73.3 Å². The van der Waals surface area contributed by atoms with Gasteiger partial charge in [0, 0.05) is 0 Å². The fraction of sp³-hybridized carbons (Fsp3) is 0.552. The van der Waals surface area contributed by atoms with Crippen molar-refractivity contribution in [3.8, 4) is 28.7 Å². The smallest absolute Gasteiger partial charge is 0.502 e. The molecule has 0 spiro atoms. The first-order chi connectivity index (χ1) is 22.1. The van der Waals surface area contributed by atoms with Crippen LogP contribution in [0.25, 0.3) is 0 Å². The summed E-state index contributed by atoms with van der Waals surface area (Å²) in [6.07, 6.45) is -12.6. The number of carbonyl (C=O) groups excluding carboxylic acids is 1. The monoisotopic (exact) mass is 668 g/mol. The van der Waals surface area contributed by atoms with Crippen molar-refractivity contribution in [2.24, 2.45) is 11.8 Å². The molecule has 47 heavy (non-hydrogen) atoms. The van der Waals surface area contributed by atoms with Gasteiger partial charge in [-0.3, -0.25) is 15.0 Å². The molecule has 0 amide bonds. The molecule has 3 saturated heterocycles. The summed E-state index contributed by atoms with van der Waals surface area (Å²) in [7, 11) is 2.44. The molecule has 4 heterocycles. The SMILES string of the molecule is COc1cc(C2(O)c3cc4c(cc3C(OC3OC5COC(C)OC5C(O)C3O)C3C2C(=O)OC3(O)O)OC(O)(O)O4)cc(OC)c1O. The van der Waals surface area contributed by atoms with Gasteiger partial charge in [0.05, 0.1) is 26.9 Å². The third kappa shape index (κ3) is 4.79. The number of methoxy groups -OCH3 is 2. The summed E-state index contributed by atoms with van der Waals surface area (Å²) in [6, 6.07) is 4.57. The summed E-state index contributed by atoms with van der Waals surface area (Å²) in [4.78, 5) is 13.5. The molecule has 18 nitrogen and oxygen atoms in total. The zero-order valence-corrected chi connectivity index (χ0v) is 24.9. The number of carbonyl (C=O) groups is 1. The van der Waals surface area contributed by atoms with Gasteiger partial charge in [0.25, 0.3) is 0 Å². The summed E-state index contributed by atoms with van der Waals surface area (Å²) in [5.41, 5.74) is -3.15. The molecule has 10 atom stereocenters. The van der Waals surface area contributed by atoms with Crippen LogP contribution in [0.1, 0.15) is 29.7 Å². The number of benzene rings is 2. The molecule has 256 valence electrons. The first-order valence-electron chi connectivity index (χ1n) is 14.4. The molecule has 8 N–H and O–H groups in total. The van der Waals surface area contributed by atoms with Gasteiger partial charge in [0.1, 0.15) is 41.9 Å². The summed E-state index contributed by atoms with van der Waals surface area (Å²) in [6.45, 7) is 1.53. The highest BCUT2D eigenvalue weighted by Gasteiger charge is 2.70. The van der Waals surface area contributed by atoms with Crippen molar-refractivity contribution in [3.63, 3.8) is 0 Å². The standard InChI is InChI=1S/C29H32O18/c1-9-41-8-17-24(42-9)21(31)22(32)26(43-17)44-23-11-6-13-14(46-29(37,38)45-13)7-12(11)27(34,19-18(23)28(35,36)47-25(19)33)10-4-15(39-2)20(30)16(5-10)40-3/h4-7,9,17-19,21-24,26,30-32,34-38H,8H2,1-3H3. The van der Waals surface area contributed by atoms with Crippen LogP contribution in [0.4, 0.5) is 0 Å². The number of hydrogen-bond acceptors (Lipinski definition) is 18. The number of esters is 1. The second kappa shape index (κ2) is 10.7. The molecule has 5 aliphatic rings. The zero-order chi connectivity index (χ0) is 33.8. The van der Waals surface area contributed by atoms with Gasteiger partial charge >= 0.3 is 18.1 Å². The van der Waals surface area contributed by atoms with Crippen LogP contribution in [0.3, 0.4) is 0 Å². The first-order valence-corrected chi connectivity index (χ1v) is 14.4. The summed E-state index contributed by atoms with van der Waals surface area (Å²) >= 11 is 0. The number of aliphatic hydroxyl groups is 7. The average Bonchev–Trinajstić information content (AvgIpc) is 3.46. The highest BCUT2D eigenvalue weighted by Crippen LogP contribution is 2.62. The van der Waals surface area contributed by atoms with Gasteiger partial charge in [-0.2, -0.15) is 0 Å². The molecule has 0 aromatic heterocycles. The van der Waals surface area contributed by atoms with Crippen molar-refractivity contribution in [2.75, 3.05) is 20.8 Å². The third-order valence-corrected chi connectivity index (χ3v) is 9.08. The Balaban J connectivity index is 1.42. The van der Waals surface area contributed by atoms with Crippen LogP contribution in [0.2, 0.25) is 0 Å². The lowest BCUT2D eigenvalue weighted by Crippen LogP contribution is -2.63. The van der Waals surface area contributed by atoms with Crippen molar-refractivity contribution in [3.05, 3.63) is 41.0 Å². The second-order valence-corrected chi connectivity index (χ2v) is 11.8. The van der Waals surface area contributed by atoms with E-state index in [0.717, 1.165) is 12.1 Å². The number of aliphatic hydroxyl groups excluding tert-OH is 2. The molecule has 1 aliphatic carbocycles. The fourth-order valence-corrected chi connectivity index (χ4v) is 6.98. The summed E-state index contributed by atoms with van der Waals surface area (Å²) in [5.74, 6) is -9.91. The lowest BCUT2D eigenvalue weighted by Gasteiger charge is -2.49. The van der Waals surface area contributed by atoms with E-state index in [1.807, 2.05) is 0 Å². The number of hydrogen-bond donors (Lipinski definition) is 8. The molecule has 0 saturated carbocycles. The molecule has 18 heteroatoms. The maximum absolute atomic E-state index is 13.5. The molecular formula is C29H32O18. The van der Waals surface area contributed by atoms with Gasteiger partial charge in [0.2, 0.25) is 5.75 Å². The van der Waals surface area contributed by atoms with Crippen molar-refractivity contribution in [1.29, 1.82) is 0 Å². The quantitative estimate of drug-likeness (QED) is 0.123. The number of aromatic hydroxyl groups is 1. The second-order valence-electron chi connectivity index (χ2n) is 11.8. The molecular weight excluding hydrogens is 636 g/mol. The topological polar surface area (TPSA) is 262 Å². The number of rotatable bonds is 5. The number of ether oxygens (including phenoxy) is 9. The molecule has 2 aromatic carbocycles. The van der Waals surface area contributed by atoms with E-state index in [2.05, 4.69) is 0 Å². The highest BCUT2D eigenvalue weighted by molar-refractivity contribution is 5.80. The van der Waals surface area contributed by atoms with Crippen LogP contribution < -0.4 is 18.9 Å². The minimum atomic E-state index is -3.31. The van der Waals surface area contributed by atoms with Crippen molar-refractivity contribution in [2.45, 2.75) is 67.8 Å². The minimum Gasteiger partial charge on any atom is -0.502 e. The molecule has 2 aromatic rings. The van der Waals surface area contributed by atoms with Crippen LogP contribution in [0, 0.1) is 11.8 Å². The Labute approximate surface area is 264 Å². The Morgan fingerprint density at radius 1 is 0.872 bits per heavy atom. The van der Waals surface area contributed by atoms with E-state index in [0.29, 0.717) is 0 Å². The molecule has 3 fully saturated rings. The van der Waals surface area contributed by atoms with Gasteiger partial charge in [-0.25, -0.2) is 0 Å². The van der Waals surface area contributed by atoms with E-state index in [-0.39, 0.29) is 46.3 Å². The summed E-state index contributed by atoms with van der Waals surface area (Å²) in [5, 5.41) is 87.7. The van der Waals surface area contributed by atoms with Crippen molar-refractivity contribution in [1.82, 2.24) is 0 Å². The van der Waals surface area contributed by atoms with E-state index < -0.39 is 84.4 Å². The van der Waals surface area contributed by atoms with Crippen LogP contribution in [0.5, 0.6) is 28.7 Å². The Hall–Kier alpha value is -3.53. The van der Waals surface area contributed by atoms with Gasteiger partial charge in [-0.15, -0.1) is 0 Å². The minimum absolute atomic E-state index is 0.0631. The van der Waals surface area contributed by atoms with Crippen LogP contribution >= 0.6 is 0 Å². The lowest BCUT2D eigenvalue weighted by atomic mass is 9.62. The van der Waals surface area contributed by atoms with E-state index in [1.54, 1.807) is 6.92 Å². The molecule has 0 bridgehead atoms. The Morgan fingerprint density at radius 3 is 2.15 bits per heavy atom. The predicted octanol–water partition coefficient (Wildman–Crippen LogP) is -2.28. The van der Waals surface area contributed by atoms with Crippen LogP contribution in [-0.2, 0) is 34.1 Å². The predicted molar refractivity (Wildman–Crippen MR) is 144 cm³/mol. The Morgan fingerprint density at radius 2 is 1.51 bits per heavy atom. The average molecular weight is 669 g/mol. The van der Waals surface area contributed by atoms with Crippen LogP contribution in [-0.4, -0.2) is 117 Å². The maximum atomic E-state index is 13.5. The normalized spacial score (nSPS) is 37.7. The highest BCUT2D eigenvalue weighted by atomic mass is 17.0. The molecule has 0 radical (unpaired) electrons. The van der Waals surface area contributed by atoms with Gasteiger partial charge in [0.15, 0.2) is 35.6 Å². The number of cyclic esters (lactones) is 1.